The number of rotatable bonds is 3. The normalized spacial score (nSPS) is 13.7. The van der Waals surface area contributed by atoms with Crippen molar-refractivity contribution in [1.82, 2.24) is 0 Å². The molecule has 0 aliphatic heterocycles. The van der Waals surface area contributed by atoms with Gasteiger partial charge in [-0.15, -0.1) is 0 Å². The molecular weight excluding hydrogens is 308 g/mol. The highest BCUT2D eigenvalue weighted by molar-refractivity contribution is 14.1. The van der Waals surface area contributed by atoms with Crippen molar-refractivity contribution in [2.45, 2.75) is 32.4 Å². The highest BCUT2D eigenvalue weighted by atomic mass is 127. The third-order valence-electron chi connectivity index (χ3n) is 2.36. The van der Waals surface area contributed by atoms with Gasteiger partial charge in [-0.25, -0.2) is 4.39 Å². The summed E-state index contributed by atoms with van der Waals surface area (Å²) in [7, 11) is 0. The second kappa shape index (κ2) is 4.65. The Morgan fingerprint density at radius 2 is 2.07 bits per heavy atom. The number of aliphatic hydroxyl groups is 1. The van der Waals surface area contributed by atoms with Crippen molar-refractivity contribution < 1.29 is 9.50 Å². The van der Waals surface area contributed by atoms with E-state index in [1.165, 1.54) is 12.1 Å². The van der Waals surface area contributed by atoms with E-state index in [1.54, 1.807) is 19.9 Å². The zero-order valence-corrected chi connectivity index (χ0v) is 11.2. The Labute approximate surface area is 103 Å². The van der Waals surface area contributed by atoms with Crippen LogP contribution < -0.4 is 5.32 Å². The molecule has 2 N–H and O–H groups in total. The lowest BCUT2D eigenvalue weighted by molar-refractivity contribution is 0.0649. The molecule has 0 aliphatic rings. The number of hydrogen-bond acceptors (Lipinski definition) is 2. The molecule has 1 rings (SSSR count). The number of benzene rings is 1. The third kappa shape index (κ3) is 3.61. The molecule has 0 saturated carbocycles. The first kappa shape index (κ1) is 12.7. The van der Waals surface area contributed by atoms with E-state index in [9.17, 15) is 9.50 Å². The van der Waals surface area contributed by atoms with Crippen LogP contribution in [0.15, 0.2) is 18.2 Å². The van der Waals surface area contributed by atoms with Gasteiger partial charge in [0.15, 0.2) is 0 Å². The molecule has 4 heteroatoms. The van der Waals surface area contributed by atoms with Crippen molar-refractivity contribution in [1.29, 1.82) is 0 Å². The van der Waals surface area contributed by atoms with E-state index < -0.39 is 5.60 Å². The first-order valence-corrected chi connectivity index (χ1v) is 5.82. The van der Waals surface area contributed by atoms with Crippen molar-refractivity contribution in [2.24, 2.45) is 0 Å². The second-order valence-corrected chi connectivity index (χ2v) is 5.31. The molecule has 15 heavy (non-hydrogen) atoms. The molecule has 0 fully saturated rings. The van der Waals surface area contributed by atoms with Crippen molar-refractivity contribution in [2.75, 3.05) is 5.32 Å². The van der Waals surface area contributed by atoms with Crippen LogP contribution in [0, 0.1) is 9.39 Å². The summed E-state index contributed by atoms with van der Waals surface area (Å²) in [5.74, 6) is -0.249. The van der Waals surface area contributed by atoms with Crippen LogP contribution in [0.3, 0.4) is 0 Å². The Balaban J connectivity index is 2.82. The SMILES string of the molecule is CC(Nc1ccc(F)cc1I)C(C)(C)O. The van der Waals surface area contributed by atoms with Gasteiger partial charge in [-0.2, -0.15) is 0 Å². The van der Waals surface area contributed by atoms with Gasteiger partial charge in [0, 0.05) is 9.26 Å². The summed E-state index contributed by atoms with van der Waals surface area (Å²) in [6, 6.07) is 4.44. The van der Waals surface area contributed by atoms with Gasteiger partial charge in [-0.1, -0.05) is 0 Å². The summed E-state index contributed by atoms with van der Waals surface area (Å²) in [6.45, 7) is 5.36. The van der Waals surface area contributed by atoms with Gasteiger partial charge in [0.25, 0.3) is 0 Å². The van der Waals surface area contributed by atoms with E-state index in [4.69, 9.17) is 0 Å². The predicted molar refractivity (Wildman–Crippen MR) is 68.5 cm³/mol. The fraction of sp³-hybridized carbons (Fsp3) is 0.455. The smallest absolute Gasteiger partial charge is 0.124 e. The molecule has 0 radical (unpaired) electrons. The van der Waals surface area contributed by atoms with Gasteiger partial charge in [-0.05, 0) is 61.6 Å². The van der Waals surface area contributed by atoms with Crippen molar-refractivity contribution in [3.8, 4) is 0 Å². The molecule has 1 aromatic rings. The van der Waals surface area contributed by atoms with E-state index in [0.717, 1.165) is 9.26 Å². The van der Waals surface area contributed by atoms with E-state index >= 15 is 0 Å². The van der Waals surface area contributed by atoms with Crippen LogP contribution in [0.1, 0.15) is 20.8 Å². The van der Waals surface area contributed by atoms with E-state index in [0.29, 0.717) is 0 Å². The van der Waals surface area contributed by atoms with Gasteiger partial charge in [0.2, 0.25) is 0 Å². The van der Waals surface area contributed by atoms with Crippen LogP contribution in [0.5, 0.6) is 0 Å². The van der Waals surface area contributed by atoms with Gasteiger partial charge in [0.05, 0.1) is 11.6 Å². The summed E-state index contributed by atoms with van der Waals surface area (Å²) in [4.78, 5) is 0. The molecule has 0 aromatic heterocycles. The zero-order chi connectivity index (χ0) is 11.6. The molecule has 1 atom stereocenters. The van der Waals surface area contributed by atoms with Crippen LogP contribution in [-0.4, -0.2) is 16.7 Å². The van der Waals surface area contributed by atoms with Crippen molar-refractivity contribution in [3.63, 3.8) is 0 Å². The van der Waals surface area contributed by atoms with Gasteiger partial charge >= 0.3 is 0 Å². The van der Waals surface area contributed by atoms with Gasteiger partial charge in [0.1, 0.15) is 5.82 Å². The van der Waals surface area contributed by atoms with E-state index in [2.05, 4.69) is 27.9 Å². The van der Waals surface area contributed by atoms with Crippen LogP contribution in [0.25, 0.3) is 0 Å². The number of halogens is 2. The standard InChI is InChI=1S/C11H15FINO/c1-7(11(2,3)15)14-10-5-4-8(12)6-9(10)13/h4-7,14-15H,1-3H3. The molecule has 0 spiro atoms. The fourth-order valence-electron chi connectivity index (χ4n) is 1.02. The molecule has 1 unspecified atom stereocenters. The fourth-order valence-corrected chi connectivity index (χ4v) is 1.65. The third-order valence-corrected chi connectivity index (χ3v) is 3.26. The van der Waals surface area contributed by atoms with Crippen LogP contribution in [-0.2, 0) is 0 Å². The Bertz CT molecular complexity index is 349. The lowest BCUT2D eigenvalue weighted by Gasteiger charge is -2.28. The lowest BCUT2D eigenvalue weighted by Crippen LogP contribution is -2.39. The Morgan fingerprint density at radius 1 is 1.47 bits per heavy atom. The van der Waals surface area contributed by atoms with Crippen molar-refractivity contribution >= 4 is 28.3 Å². The molecule has 0 saturated heterocycles. The highest BCUT2D eigenvalue weighted by Gasteiger charge is 2.22. The second-order valence-electron chi connectivity index (χ2n) is 4.14. The molecule has 84 valence electrons. The molecule has 0 aliphatic carbocycles. The quantitative estimate of drug-likeness (QED) is 0.838. The van der Waals surface area contributed by atoms with E-state index in [1.807, 2.05) is 6.92 Å². The maximum atomic E-state index is 12.8. The minimum absolute atomic E-state index is 0.100. The molecule has 0 bridgehead atoms. The summed E-state index contributed by atoms with van der Waals surface area (Å²) < 4.78 is 13.6. The largest absolute Gasteiger partial charge is 0.388 e. The molecule has 2 nitrogen and oxygen atoms in total. The van der Waals surface area contributed by atoms with Crippen LogP contribution in [0.2, 0.25) is 0 Å². The van der Waals surface area contributed by atoms with Gasteiger partial charge < -0.3 is 10.4 Å². The lowest BCUT2D eigenvalue weighted by atomic mass is 10.0. The Hall–Kier alpha value is -0.360. The highest BCUT2D eigenvalue weighted by Crippen LogP contribution is 2.22. The first-order valence-electron chi connectivity index (χ1n) is 4.74. The maximum Gasteiger partial charge on any atom is 0.124 e. The average Bonchev–Trinajstić information content (AvgIpc) is 2.08. The number of anilines is 1. The molecule has 0 heterocycles. The average molecular weight is 323 g/mol. The topological polar surface area (TPSA) is 32.3 Å². The van der Waals surface area contributed by atoms with Crippen LogP contribution >= 0.6 is 22.6 Å². The minimum atomic E-state index is -0.808. The Kier molecular flexibility index (Phi) is 3.94. The zero-order valence-electron chi connectivity index (χ0n) is 9.01. The van der Waals surface area contributed by atoms with E-state index in [-0.39, 0.29) is 11.9 Å². The number of hydrogen-bond donors (Lipinski definition) is 2. The predicted octanol–water partition coefficient (Wildman–Crippen LogP) is 3.00. The minimum Gasteiger partial charge on any atom is -0.388 e. The van der Waals surface area contributed by atoms with Gasteiger partial charge in [-0.3, -0.25) is 0 Å². The number of nitrogens with one attached hydrogen (secondary N) is 1. The summed E-state index contributed by atoms with van der Waals surface area (Å²) in [5, 5.41) is 12.9. The monoisotopic (exact) mass is 323 g/mol. The maximum absolute atomic E-state index is 12.8. The first-order chi connectivity index (χ1) is 6.80. The van der Waals surface area contributed by atoms with Crippen molar-refractivity contribution in [3.05, 3.63) is 27.6 Å². The summed E-state index contributed by atoms with van der Waals surface area (Å²) in [5.41, 5.74) is 0.0314. The molecular formula is C11H15FINO. The summed E-state index contributed by atoms with van der Waals surface area (Å²) >= 11 is 2.06. The van der Waals surface area contributed by atoms with Crippen LogP contribution in [0.4, 0.5) is 10.1 Å². The Morgan fingerprint density at radius 3 is 2.53 bits per heavy atom. The molecule has 1 aromatic carbocycles. The molecule has 0 amide bonds. The summed E-state index contributed by atoms with van der Waals surface area (Å²) in [6.07, 6.45) is 0.